The third-order valence-corrected chi connectivity index (χ3v) is 4.02. The number of benzene rings is 2. The van der Waals surface area contributed by atoms with Crippen LogP contribution in [0.1, 0.15) is 11.6 Å². The summed E-state index contributed by atoms with van der Waals surface area (Å²) in [5.41, 5.74) is 6.84. The van der Waals surface area contributed by atoms with E-state index < -0.39 is 17.7 Å². The highest BCUT2D eigenvalue weighted by Gasteiger charge is 2.12. The predicted molar refractivity (Wildman–Crippen MR) is 80.9 cm³/mol. The molecule has 3 N–H and O–H groups in total. The van der Waals surface area contributed by atoms with Crippen LogP contribution in [0.25, 0.3) is 0 Å². The first-order valence-electron chi connectivity index (χ1n) is 5.87. The van der Waals surface area contributed by atoms with E-state index in [1.165, 1.54) is 12.1 Å². The quantitative estimate of drug-likeness (QED) is 0.842. The first-order valence-corrected chi connectivity index (χ1v) is 7.04. The summed E-state index contributed by atoms with van der Waals surface area (Å²) in [7, 11) is 0. The number of rotatable bonds is 4. The Morgan fingerprint density at radius 1 is 1.15 bits per heavy atom. The van der Waals surface area contributed by atoms with E-state index in [1.54, 1.807) is 18.2 Å². The van der Waals surface area contributed by atoms with Crippen LogP contribution in [0, 0.1) is 11.6 Å². The van der Waals surface area contributed by atoms with Gasteiger partial charge in [0.05, 0.1) is 11.1 Å². The van der Waals surface area contributed by atoms with Gasteiger partial charge in [-0.2, -0.15) is 0 Å². The topological polar surface area (TPSA) is 38.0 Å². The van der Waals surface area contributed by atoms with Gasteiger partial charge in [0.2, 0.25) is 0 Å². The lowest BCUT2D eigenvalue weighted by molar-refractivity contribution is 0.576. The van der Waals surface area contributed by atoms with E-state index in [0.29, 0.717) is 10.6 Å². The summed E-state index contributed by atoms with van der Waals surface area (Å²) in [5, 5.41) is 3.64. The van der Waals surface area contributed by atoms with E-state index in [9.17, 15) is 8.78 Å². The molecular weight excluding hydrogens is 350 g/mol. The molecule has 20 heavy (non-hydrogen) atoms. The molecule has 0 heterocycles. The third-order valence-electron chi connectivity index (χ3n) is 2.78. The Balaban J connectivity index is 2.26. The summed E-state index contributed by atoms with van der Waals surface area (Å²) < 4.78 is 27.3. The average Bonchev–Trinajstić information content (AvgIpc) is 2.38. The van der Waals surface area contributed by atoms with Crippen molar-refractivity contribution in [3.63, 3.8) is 0 Å². The minimum atomic E-state index is -0.630. The van der Waals surface area contributed by atoms with Gasteiger partial charge in [-0.05, 0) is 51.8 Å². The van der Waals surface area contributed by atoms with Gasteiger partial charge in [0.1, 0.15) is 11.6 Å². The van der Waals surface area contributed by atoms with Gasteiger partial charge in [-0.1, -0.05) is 11.6 Å². The van der Waals surface area contributed by atoms with Crippen LogP contribution in [0.5, 0.6) is 0 Å². The van der Waals surface area contributed by atoms with Gasteiger partial charge in [0.25, 0.3) is 0 Å². The van der Waals surface area contributed by atoms with Crippen molar-refractivity contribution in [2.24, 2.45) is 5.73 Å². The van der Waals surface area contributed by atoms with Crippen molar-refractivity contribution in [1.82, 2.24) is 0 Å². The van der Waals surface area contributed by atoms with Crippen LogP contribution in [-0.2, 0) is 0 Å². The molecule has 0 aromatic heterocycles. The Morgan fingerprint density at radius 2 is 1.80 bits per heavy atom. The molecule has 2 aromatic carbocycles. The Labute approximate surface area is 129 Å². The monoisotopic (exact) mass is 360 g/mol. The van der Waals surface area contributed by atoms with Crippen molar-refractivity contribution >= 4 is 33.2 Å². The SMILES string of the molecule is NCC(Nc1ccc(Br)c(Cl)c1)c1cc(F)cc(F)c1. The standard InChI is InChI=1S/C14H12BrClF2N2/c15-12-2-1-11(6-13(12)16)20-14(7-19)8-3-9(17)5-10(18)4-8/h1-6,14,20H,7,19H2. The number of hydrogen-bond acceptors (Lipinski definition) is 2. The van der Waals surface area contributed by atoms with E-state index in [0.717, 1.165) is 16.2 Å². The molecule has 0 radical (unpaired) electrons. The van der Waals surface area contributed by atoms with E-state index >= 15 is 0 Å². The number of nitrogens with one attached hydrogen (secondary N) is 1. The van der Waals surface area contributed by atoms with Crippen LogP contribution < -0.4 is 11.1 Å². The average molecular weight is 362 g/mol. The lowest BCUT2D eigenvalue weighted by Gasteiger charge is -2.19. The molecular formula is C14H12BrClF2N2. The molecule has 2 aromatic rings. The van der Waals surface area contributed by atoms with Crippen molar-refractivity contribution in [3.05, 3.63) is 63.1 Å². The van der Waals surface area contributed by atoms with Gasteiger partial charge in [0, 0.05) is 22.8 Å². The minimum Gasteiger partial charge on any atom is -0.377 e. The molecule has 0 spiro atoms. The van der Waals surface area contributed by atoms with Crippen LogP contribution in [0.15, 0.2) is 40.9 Å². The van der Waals surface area contributed by atoms with Crippen LogP contribution >= 0.6 is 27.5 Å². The highest BCUT2D eigenvalue weighted by molar-refractivity contribution is 9.10. The highest BCUT2D eigenvalue weighted by atomic mass is 79.9. The van der Waals surface area contributed by atoms with E-state index in [-0.39, 0.29) is 6.54 Å². The summed E-state index contributed by atoms with van der Waals surface area (Å²) in [6.07, 6.45) is 0. The van der Waals surface area contributed by atoms with Crippen molar-refractivity contribution in [3.8, 4) is 0 Å². The number of anilines is 1. The van der Waals surface area contributed by atoms with E-state index in [1.807, 2.05) is 0 Å². The summed E-state index contributed by atoms with van der Waals surface area (Å²) >= 11 is 9.29. The smallest absolute Gasteiger partial charge is 0.126 e. The Bertz CT molecular complexity index is 602. The summed E-state index contributed by atoms with van der Waals surface area (Å²) in [5.74, 6) is -1.26. The predicted octanol–water partition coefficient (Wildman–Crippen LogP) is 4.49. The molecule has 2 nitrogen and oxygen atoms in total. The highest BCUT2D eigenvalue weighted by Crippen LogP contribution is 2.28. The molecule has 0 fully saturated rings. The molecule has 106 valence electrons. The number of nitrogens with two attached hydrogens (primary N) is 1. The second-order valence-corrected chi connectivity index (χ2v) is 5.53. The van der Waals surface area contributed by atoms with Crippen molar-refractivity contribution in [1.29, 1.82) is 0 Å². The maximum atomic E-state index is 13.2. The maximum absolute atomic E-state index is 13.2. The Morgan fingerprint density at radius 3 is 2.35 bits per heavy atom. The van der Waals surface area contributed by atoms with Crippen LogP contribution in [-0.4, -0.2) is 6.54 Å². The third kappa shape index (κ3) is 3.69. The van der Waals surface area contributed by atoms with Crippen LogP contribution in [0.3, 0.4) is 0 Å². The first kappa shape index (κ1) is 15.2. The zero-order chi connectivity index (χ0) is 14.7. The molecule has 2 rings (SSSR count). The van der Waals surface area contributed by atoms with Crippen LogP contribution in [0.2, 0.25) is 5.02 Å². The Hall–Kier alpha value is -1.17. The van der Waals surface area contributed by atoms with Crippen molar-refractivity contribution in [2.75, 3.05) is 11.9 Å². The van der Waals surface area contributed by atoms with Gasteiger partial charge < -0.3 is 11.1 Å². The number of hydrogen-bond donors (Lipinski definition) is 2. The molecule has 0 aliphatic rings. The first-order chi connectivity index (χ1) is 9.49. The van der Waals surface area contributed by atoms with Gasteiger partial charge >= 0.3 is 0 Å². The normalized spacial score (nSPS) is 12.2. The molecule has 1 unspecified atom stereocenters. The largest absolute Gasteiger partial charge is 0.377 e. The molecule has 0 aliphatic carbocycles. The summed E-state index contributed by atoms with van der Waals surface area (Å²) in [4.78, 5) is 0. The maximum Gasteiger partial charge on any atom is 0.126 e. The molecule has 0 saturated carbocycles. The Kier molecular flexibility index (Phi) is 4.96. The second kappa shape index (κ2) is 6.52. The summed E-state index contributed by atoms with van der Waals surface area (Å²) in [6.45, 7) is 0.191. The van der Waals surface area contributed by atoms with Gasteiger partial charge in [0.15, 0.2) is 0 Å². The fourth-order valence-electron chi connectivity index (χ4n) is 1.84. The summed E-state index contributed by atoms with van der Waals surface area (Å²) in [6, 6.07) is 8.23. The van der Waals surface area contributed by atoms with Crippen molar-refractivity contribution < 1.29 is 8.78 Å². The van der Waals surface area contributed by atoms with Crippen LogP contribution in [0.4, 0.5) is 14.5 Å². The fourth-order valence-corrected chi connectivity index (χ4v) is 2.27. The molecule has 0 bridgehead atoms. The molecule has 0 aliphatic heterocycles. The van der Waals surface area contributed by atoms with Crippen molar-refractivity contribution in [2.45, 2.75) is 6.04 Å². The van der Waals surface area contributed by atoms with E-state index in [2.05, 4.69) is 21.2 Å². The number of halogens is 4. The minimum absolute atomic E-state index is 0.191. The zero-order valence-electron chi connectivity index (χ0n) is 10.3. The zero-order valence-corrected chi connectivity index (χ0v) is 12.7. The molecule has 0 amide bonds. The fraction of sp³-hybridized carbons (Fsp3) is 0.143. The van der Waals surface area contributed by atoms with E-state index in [4.69, 9.17) is 17.3 Å². The van der Waals surface area contributed by atoms with Gasteiger partial charge in [-0.25, -0.2) is 8.78 Å². The molecule has 6 heteroatoms. The lowest BCUT2D eigenvalue weighted by Crippen LogP contribution is -2.21. The molecule has 1 atom stereocenters. The molecule has 0 saturated heterocycles. The van der Waals surface area contributed by atoms with Gasteiger partial charge in [-0.15, -0.1) is 0 Å². The lowest BCUT2D eigenvalue weighted by atomic mass is 10.1. The van der Waals surface area contributed by atoms with Gasteiger partial charge in [-0.3, -0.25) is 0 Å². The second-order valence-electron chi connectivity index (χ2n) is 4.26.